The smallest absolute Gasteiger partial charge is 0.146 e. The molecule has 0 fully saturated rings. The number of rotatable bonds is 8. The molecule has 0 saturated carbocycles. The van der Waals surface area contributed by atoms with Crippen molar-refractivity contribution in [3.05, 3.63) is 60.8 Å². The molecule has 0 aliphatic heterocycles. The van der Waals surface area contributed by atoms with Gasteiger partial charge in [-0.2, -0.15) is 5.10 Å². The highest BCUT2D eigenvalue weighted by Gasteiger charge is 2.10. The fraction of sp³-hybridized carbons (Fsp3) is 0.182. The van der Waals surface area contributed by atoms with Crippen LogP contribution >= 0.6 is 12.2 Å². The topological polar surface area (TPSA) is 78.1 Å². The molecule has 8 heteroatoms. The summed E-state index contributed by atoms with van der Waals surface area (Å²) in [6.45, 7) is 2.87. The van der Waals surface area contributed by atoms with E-state index in [-0.39, 0.29) is 0 Å². The highest BCUT2D eigenvalue weighted by atomic mass is 32.2. The number of H-pyrrole nitrogens is 1. The number of anilines is 3. The van der Waals surface area contributed by atoms with E-state index in [4.69, 9.17) is 4.18 Å². The highest BCUT2D eigenvalue weighted by Crippen LogP contribution is 2.31. The van der Waals surface area contributed by atoms with Crippen LogP contribution in [0.3, 0.4) is 0 Å². The Morgan fingerprint density at radius 3 is 2.77 bits per heavy atom. The monoisotopic (exact) mass is 420 g/mol. The first-order valence-electron chi connectivity index (χ1n) is 9.70. The third-order valence-electron chi connectivity index (χ3n) is 4.36. The Labute approximate surface area is 180 Å². The first-order valence-corrected chi connectivity index (χ1v) is 10.4. The average Bonchev–Trinajstić information content (AvgIpc) is 3.16. The van der Waals surface area contributed by atoms with Crippen molar-refractivity contribution in [2.75, 3.05) is 31.3 Å². The van der Waals surface area contributed by atoms with Crippen molar-refractivity contribution in [3.8, 4) is 17.0 Å². The number of nitrogens with one attached hydrogen (secondary N) is 3. The van der Waals surface area contributed by atoms with Gasteiger partial charge in [0.25, 0.3) is 0 Å². The fourth-order valence-electron chi connectivity index (χ4n) is 3.08. The van der Waals surface area contributed by atoms with E-state index in [1.54, 1.807) is 6.20 Å². The van der Waals surface area contributed by atoms with Gasteiger partial charge >= 0.3 is 0 Å². The molecule has 3 N–H and O–H groups in total. The summed E-state index contributed by atoms with van der Waals surface area (Å²) in [5.41, 5.74) is 4.82. The molecule has 0 radical (unpaired) electrons. The third-order valence-corrected chi connectivity index (χ3v) is 4.92. The lowest BCUT2D eigenvalue weighted by Gasteiger charge is -2.11. The molecule has 0 spiro atoms. The van der Waals surface area contributed by atoms with Gasteiger partial charge in [-0.05, 0) is 49.4 Å². The SMILES string of the molecule is CCNc1cc(-c2n[nH]c3ccc(Nc4cccc(OSN(C)C)c4)cc23)ccn1. The predicted octanol–water partition coefficient (Wildman–Crippen LogP) is 5.30. The number of aromatic amines is 1. The quantitative estimate of drug-likeness (QED) is 0.264. The average molecular weight is 421 g/mol. The van der Waals surface area contributed by atoms with Crippen LogP contribution in [0.1, 0.15) is 6.92 Å². The fourth-order valence-corrected chi connectivity index (χ4v) is 3.42. The van der Waals surface area contributed by atoms with Crippen molar-refractivity contribution < 1.29 is 4.18 Å². The molecular formula is C22H24N6OS. The van der Waals surface area contributed by atoms with E-state index in [0.717, 1.165) is 51.6 Å². The van der Waals surface area contributed by atoms with Gasteiger partial charge in [-0.25, -0.2) is 9.29 Å². The van der Waals surface area contributed by atoms with E-state index >= 15 is 0 Å². The van der Waals surface area contributed by atoms with Gasteiger partial charge < -0.3 is 14.8 Å². The molecule has 0 unspecified atom stereocenters. The lowest BCUT2D eigenvalue weighted by atomic mass is 10.1. The summed E-state index contributed by atoms with van der Waals surface area (Å²) >= 11 is 1.29. The molecule has 0 saturated heterocycles. The molecule has 154 valence electrons. The second-order valence-electron chi connectivity index (χ2n) is 6.92. The molecule has 30 heavy (non-hydrogen) atoms. The van der Waals surface area contributed by atoms with Crippen LogP contribution in [-0.2, 0) is 0 Å². The van der Waals surface area contributed by atoms with Crippen LogP contribution in [0.15, 0.2) is 60.8 Å². The molecule has 7 nitrogen and oxygen atoms in total. The van der Waals surface area contributed by atoms with E-state index in [2.05, 4.69) is 38.8 Å². The second-order valence-corrected chi connectivity index (χ2v) is 7.96. The summed E-state index contributed by atoms with van der Waals surface area (Å²) in [7, 11) is 3.88. The Hall–Kier alpha value is -3.23. The van der Waals surface area contributed by atoms with Gasteiger partial charge in [0.1, 0.15) is 29.5 Å². The largest absolute Gasteiger partial charge is 0.409 e. The van der Waals surface area contributed by atoms with E-state index in [1.165, 1.54) is 12.2 Å². The Balaban J connectivity index is 1.60. The van der Waals surface area contributed by atoms with Gasteiger partial charge in [0.2, 0.25) is 0 Å². The van der Waals surface area contributed by atoms with Crippen molar-refractivity contribution in [3.63, 3.8) is 0 Å². The number of pyridine rings is 1. The first kappa shape index (κ1) is 20.1. The summed E-state index contributed by atoms with van der Waals surface area (Å²) in [6, 6.07) is 18.0. The van der Waals surface area contributed by atoms with Gasteiger partial charge in [0.15, 0.2) is 0 Å². The van der Waals surface area contributed by atoms with Crippen molar-refractivity contribution >= 4 is 40.3 Å². The third kappa shape index (κ3) is 4.67. The molecule has 0 atom stereocenters. The number of fused-ring (bicyclic) bond motifs is 1. The molecule has 0 bridgehead atoms. The van der Waals surface area contributed by atoms with Crippen LogP contribution in [0.5, 0.6) is 5.75 Å². The molecule has 4 aromatic rings. The summed E-state index contributed by atoms with van der Waals surface area (Å²) in [5.74, 6) is 1.63. The molecule has 0 amide bonds. The number of hydrogen-bond acceptors (Lipinski definition) is 7. The van der Waals surface area contributed by atoms with Gasteiger partial charge in [-0.1, -0.05) is 6.07 Å². The van der Waals surface area contributed by atoms with Gasteiger partial charge in [0.05, 0.1) is 5.52 Å². The Kier molecular flexibility index (Phi) is 6.06. The summed E-state index contributed by atoms with van der Waals surface area (Å²) in [4.78, 5) is 4.35. The normalized spacial score (nSPS) is 11.1. The Bertz CT molecular complexity index is 1140. The van der Waals surface area contributed by atoms with E-state index in [9.17, 15) is 0 Å². The molecule has 0 aliphatic rings. The van der Waals surface area contributed by atoms with Crippen molar-refractivity contribution in [1.29, 1.82) is 0 Å². The maximum absolute atomic E-state index is 5.69. The van der Waals surface area contributed by atoms with Crippen LogP contribution in [-0.4, -0.2) is 40.1 Å². The van der Waals surface area contributed by atoms with Crippen molar-refractivity contribution in [2.24, 2.45) is 0 Å². The van der Waals surface area contributed by atoms with E-state index in [0.29, 0.717) is 0 Å². The van der Waals surface area contributed by atoms with Crippen LogP contribution in [0.2, 0.25) is 0 Å². The number of benzene rings is 2. The molecule has 0 aliphatic carbocycles. The summed E-state index contributed by atoms with van der Waals surface area (Å²) < 4.78 is 7.59. The van der Waals surface area contributed by atoms with Gasteiger partial charge in [-0.15, -0.1) is 0 Å². The number of nitrogens with zero attached hydrogens (tertiary/aromatic N) is 3. The maximum Gasteiger partial charge on any atom is 0.146 e. The predicted molar refractivity (Wildman–Crippen MR) is 125 cm³/mol. The number of hydrogen-bond donors (Lipinski definition) is 3. The lowest BCUT2D eigenvalue weighted by molar-refractivity contribution is 0.576. The zero-order valence-corrected chi connectivity index (χ0v) is 18.0. The standard InChI is InChI=1S/C22H24N6OS/c1-4-23-21-12-15(10-11-24-21)22-19-14-17(8-9-20(19)26-27-22)25-16-6-5-7-18(13-16)29-30-28(2)3/h5-14,25H,4H2,1-3H3,(H,23,24)(H,26,27). The van der Waals surface area contributed by atoms with Crippen LogP contribution in [0, 0.1) is 0 Å². The second kappa shape index (κ2) is 9.06. The van der Waals surface area contributed by atoms with Gasteiger partial charge in [-0.3, -0.25) is 5.10 Å². The Morgan fingerprint density at radius 1 is 1.07 bits per heavy atom. The van der Waals surface area contributed by atoms with Crippen molar-refractivity contribution in [1.82, 2.24) is 19.5 Å². The van der Waals surface area contributed by atoms with Crippen molar-refractivity contribution in [2.45, 2.75) is 6.92 Å². The maximum atomic E-state index is 5.69. The van der Waals surface area contributed by atoms with Crippen LogP contribution < -0.4 is 14.8 Å². The van der Waals surface area contributed by atoms with Gasteiger partial charge in [0, 0.05) is 55.2 Å². The molecule has 2 heterocycles. The first-order chi connectivity index (χ1) is 14.6. The molecular weight excluding hydrogens is 396 g/mol. The lowest BCUT2D eigenvalue weighted by Crippen LogP contribution is -2.02. The van der Waals surface area contributed by atoms with Crippen LogP contribution in [0.25, 0.3) is 22.2 Å². The van der Waals surface area contributed by atoms with Crippen LogP contribution in [0.4, 0.5) is 17.2 Å². The summed E-state index contributed by atoms with van der Waals surface area (Å²) in [6.07, 6.45) is 1.80. The summed E-state index contributed by atoms with van der Waals surface area (Å²) in [5, 5.41) is 15.4. The molecule has 2 aromatic heterocycles. The molecule has 4 rings (SSSR count). The zero-order chi connectivity index (χ0) is 20.9. The highest BCUT2D eigenvalue weighted by molar-refractivity contribution is 7.92. The minimum atomic E-state index is 0.788. The molecule has 2 aromatic carbocycles. The number of aromatic nitrogens is 3. The minimum absolute atomic E-state index is 0.788. The van der Waals surface area contributed by atoms with E-state index < -0.39 is 0 Å². The zero-order valence-electron chi connectivity index (χ0n) is 17.1. The van der Waals surface area contributed by atoms with E-state index in [1.807, 2.05) is 66.9 Å². The Morgan fingerprint density at radius 2 is 1.93 bits per heavy atom. The minimum Gasteiger partial charge on any atom is -0.409 e.